The smallest absolute Gasteiger partial charge is 0.0906 e. The first-order valence-electron chi connectivity index (χ1n) is 5.96. The van der Waals surface area contributed by atoms with Gasteiger partial charge >= 0.3 is 0 Å². The van der Waals surface area contributed by atoms with Gasteiger partial charge in [-0.3, -0.25) is 0 Å². The van der Waals surface area contributed by atoms with E-state index in [0.717, 1.165) is 36.5 Å². The number of hydrogen-bond acceptors (Lipinski definition) is 4. The molecule has 2 heterocycles. The Bertz CT molecular complexity index is 563. The minimum atomic E-state index is 0.785. The zero-order valence-corrected chi connectivity index (χ0v) is 10.7. The van der Waals surface area contributed by atoms with Gasteiger partial charge in [0.2, 0.25) is 0 Å². The summed E-state index contributed by atoms with van der Waals surface area (Å²) in [6.07, 6.45) is 0.791. The Kier molecular flexibility index (Phi) is 3.02. The zero-order valence-electron chi connectivity index (χ0n) is 9.91. The Hall–Kier alpha value is -1.81. The Morgan fingerprint density at radius 2 is 2.11 bits per heavy atom. The van der Waals surface area contributed by atoms with Crippen LogP contribution in [0, 0.1) is 0 Å². The predicted molar refractivity (Wildman–Crippen MR) is 74.8 cm³/mol. The minimum Gasteiger partial charge on any atom is -0.411 e. The van der Waals surface area contributed by atoms with Crippen LogP contribution in [0.4, 0.5) is 5.69 Å². The number of fused-ring (bicyclic) bond motifs is 1. The summed E-state index contributed by atoms with van der Waals surface area (Å²) in [4.78, 5) is 3.70. The zero-order chi connectivity index (χ0) is 12.4. The third-order valence-electron chi connectivity index (χ3n) is 3.22. The summed E-state index contributed by atoms with van der Waals surface area (Å²) in [5, 5.41) is 14.6. The monoisotopic (exact) mass is 258 g/mol. The molecule has 0 unspecified atom stereocenters. The molecule has 0 bridgehead atoms. The van der Waals surface area contributed by atoms with Gasteiger partial charge in [-0.25, -0.2) is 0 Å². The first-order chi connectivity index (χ1) is 8.88. The summed E-state index contributed by atoms with van der Waals surface area (Å²) < 4.78 is 0. The van der Waals surface area contributed by atoms with Gasteiger partial charge in [0.15, 0.2) is 0 Å². The van der Waals surface area contributed by atoms with E-state index in [1.54, 1.807) is 11.3 Å². The van der Waals surface area contributed by atoms with E-state index in [-0.39, 0.29) is 0 Å². The molecule has 0 fully saturated rings. The van der Waals surface area contributed by atoms with Crippen LogP contribution in [-0.4, -0.2) is 17.5 Å². The lowest BCUT2D eigenvalue weighted by Crippen LogP contribution is -2.31. The fourth-order valence-electron chi connectivity index (χ4n) is 2.35. The normalized spacial score (nSPS) is 16.9. The van der Waals surface area contributed by atoms with Crippen molar-refractivity contribution in [3.05, 3.63) is 52.2 Å². The summed E-state index contributed by atoms with van der Waals surface area (Å²) in [7, 11) is 0. The minimum absolute atomic E-state index is 0.785. The maximum atomic E-state index is 9.05. The Morgan fingerprint density at radius 1 is 1.22 bits per heavy atom. The first-order valence-corrected chi connectivity index (χ1v) is 6.84. The van der Waals surface area contributed by atoms with Crippen molar-refractivity contribution in [2.24, 2.45) is 5.16 Å². The van der Waals surface area contributed by atoms with E-state index in [1.165, 1.54) is 4.88 Å². The second-order valence-electron chi connectivity index (χ2n) is 4.31. The van der Waals surface area contributed by atoms with Crippen molar-refractivity contribution in [1.82, 2.24) is 0 Å². The van der Waals surface area contributed by atoms with Crippen molar-refractivity contribution in [3.63, 3.8) is 0 Å². The molecule has 1 N–H and O–H groups in total. The second-order valence-corrected chi connectivity index (χ2v) is 5.35. The average molecular weight is 258 g/mol. The van der Waals surface area contributed by atoms with E-state index >= 15 is 0 Å². The van der Waals surface area contributed by atoms with Crippen LogP contribution in [0.15, 0.2) is 46.9 Å². The quantitative estimate of drug-likeness (QED) is 0.662. The molecule has 4 heteroatoms. The Balaban J connectivity index is 1.94. The third kappa shape index (κ3) is 1.99. The molecule has 1 aromatic heterocycles. The van der Waals surface area contributed by atoms with Crippen molar-refractivity contribution in [2.45, 2.75) is 13.0 Å². The lowest BCUT2D eigenvalue weighted by Gasteiger charge is -2.31. The largest absolute Gasteiger partial charge is 0.411 e. The first kappa shape index (κ1) is 11.3. The molecule has 2 aromatic rings. The van der Waals surface area contributed by atoms with E-state index in [4.69, 9.17) is 5.21 Å². The van der Waals surface area contributed by atoms with Crippen molar-refractivity contribution in [1.29, 1.82) is 0 Å². The number of rotatable bonds is 2. The number of nitrogens with zero attached hydrogens (tertiary/aromatic N) is 2. The molecular formula is C14H14N2OS. The fourth-order valence-corrected chi connectivity index (χ4v) is 3.07. The molecule has 1 aliphatic heterocycles. The molecule has 0 atom stereocenters. The average Bonchev–Trinajstić information content (AvgIpc) is 2.92. The van der Waals surface area contributed by atoms with Crippen LogP contribution in [0.1, 0.15) is 16.9 Å². The SMILES string of the molecule is ON=C1CCN(Cc2cccs2)c2ccccc21. The fraction of sp³-hybridized carbons (Fsp3) is 0.214. The van der Waals surface area contributed by atoms with Crippen LogP contribution in [0.5, 0.6) is 0 Å². The van der Waals surface area contributed by atoms with E-state index in [2.05, 4.69) is 33.6 Å². The summed E-state index contributed by atoms with van der Waals surface area (Å²) in [5.74, 6) is 0. The number of benzene rings is 1. The molecule has 0 amide bonds. The highest BCUT2D eigenvalue weighted by molar-refractivity contribution is 7.09. The van der Waals surface area contributed by atoms with Crippen LogP contribution in [0.3, 0.4) is 0 Å². The number of para-hydroxylation sites is 1. The molecular weight excluding hydrogens is 244 g/mol. The van der Waals surface area contributed by atoms with Gasteiger partial charge in [-0.2, -0.15) is 0 Å². The van der Waals surface area contributed by atoms with Gasteiger partial charge in [-0.1, -0.05) is 29.4 Å². The van der Waals surface area contributed by atoms with Crippen LogP contribution < -0.4 is 4.90 Å². The summed E-state index contributed by atoms with van der Waals surface area (Å²) >= 11 is 1.78. The van der Waals surface area contributed by atoms with Gasteiger partial charge in [-0.15, -0.1) is 11.3 Å². The van der Waals surface area contributed by atoms with E-state index in [1.807, 2.05) is 18.2 Å². The van der Waals surface area contributed by atoms with E-state index in [9.17, 15) is 0 Å². The Morgan fingerprint density at radius 3 is 2.89 bits per heavy atom. The second kappa shape index (κ2) is 4.82. The van der Waals surface area contributed by atoms with Gasteiger partial charge in [0, 0.05) is 29.1 Å². The predicted octanol–water partition coefficient (Wildman–Crippen LogP) is 3.34. The molecule has 1 aromatic carbocycles. The van der Waals surface area contributed by atoms with Crippen LogP contribution in [-0.2, 0) is 6.54 Å². The highest BCUT2D eigenvalue weighted by Crippen LogP contribution is 2.29. The summed E-state index contributed by atoms with van der Waals surface area (Å²) in [6, 6.07) is 12.4. The maximum absolute atomic E-state index is 9.05. The molecule has 18 heavy (non-hydrogen) atoms. The van der Waals surface area contributed by atoms with Gasteiger partial charge in [0.1, 0.15) is 0 Å². The van der Waals surface area contributed by atoms with Crippen molar-refractivity contribution in [3.8, 4) is 0 Å². The van der Waals surface area contributed by atoms with Crippen LogP contribution >= 0.6 is 11.3 Å². The molecule has 1 aliphatic rings. The van der Waals surface area contributed by atoms with Crippen LogP contribution in [0.25, 0.3) is 0 Å². The Labute approximate surface area is 110 Å². The standard InChI is InChI=1S/C14H14N2OS/c17-15-13-7-8-16(10-11-4-3-9-18-11)14-6-2-1-5-12(13)14/h1-6,9,17H,7-8,10H2. The topological polar surface area (TPSA) is 35.8 Å². The van der Waals surface area contributed by atoms with Crippen molar-refractivity contribution >= 4 is 22.7 Å². The van der Waals surface area contributed by atoms with Gasteiger partial charge in [0.05, 0.1) is 12.3 Å². The van der Waals surface area contributed by atoms with E-state index < -0.39 is 0 Å². The lowest BCUT2D eigenvalue weighted by atomic mass is 9.99. The van der Waals surface area contributed by atoms with E-state index in [0.29, 0.717) is 0 Å². The highest BCUT2D eigenvalue weighted by Gasteiger charge is 2.21. The molecule has 3 nitrogen and oxygen atoms in total. The number of hydrogen-bond donors (Lipinski definition) is 1. The summed E-state index contributed by atoms with van der Waals surface area (Å²) in [6.45, 7) is 1.82. The van der Waals surface area contributed by atoms with Crippen molar-refractivity contribution in [2.75, 3.05) is 11.4 Å². The number of oxime groups is 1. The molecule has 92 valence electrons. The summed E-state index contributed by atoms with van der Waals surface area (Å²) in [5.41, 5.74) is 2.99. The lowest BCUT2D eigenvalue weighted by molar-refractivity contribution is 0.317. The van der Waals surface area contributed by atoms with Gasteiger partial charge < -0.3 is 10.1 Å². The van der Waals surface area contributed by atoms with Crippen molar-refractivity contribution < 1.29 is 5.21 Å². The molecule has 0 radical (unpaired) electrons. The maximum Gasteiger partial charge on any atom is 0.0906 e. The van der Waals surface area contributed by atoms with Gasteiger partial charge in [0.25, 0.3) is 0 Å². The number of thiophene rings is 1. The third-order valence-corrected chi connectivity index (χ3v) is 4.08. The molecule has 0 aliphatic carbocycles. The molecule has 0 saturated heterocycles. The van der Waals surface area contributed by atoms with Gasteiger partial charge in [-0.05, 0) is 17.5 Å². The molecule has 0 spiro atoms. The molecule has 3 rings (SSSR count). The number of anilines is 1. The highest BCUT2D eigenvalue weighted by atomic mass is 32.1. The van der Waals surface area contributed by atoms with Crippen LogP contribution in [0.2, 0.25) is 0 Å². The molecule has 0 saturated carbocycles.